The first kappa shape index (κ1) is 16.3. The summed E-state index contributed by atoms with van der Waals surface area (Å²) in [5, 5.41) is 7.70. The van der Waals surface area contributed by atoms with Crippen LogP contribution in [0.4, 0.5) is 0 Å². The highest BCUT2D eigenvalue weighted by molar-refractivity contribution is 14.1. The molecule has 0 spiro atoms. The average Bonchev–Trinajstić information content (AvgIpc) is 2.83. The summed E-state index contributed by atoms with van der Waals surface area (Å²) in [5.41, 5.74) is 1.40. The smallest absolute Gasteiger partial charge is 0.119 e. The molecule has 114 valence electrons. The number of ether oxygens (including phenoxy) is 1. The summed E-state index contributed by atoms with van der Waals surface area (Å²) in [6.07, 6.45) is 3.85. The van der Waals surface area contributed by atoms with E-state index < -0.39 is 0 Å². The maximum atomic E-state index is 5.74. The summed E-state index contributed by atoms with van der Waals surface area (Å²) in [6.45, 7) is 8.76. The predicted molar refractivity (Wildman–Crippen MR) is 93.5 cm³/mol. The second kappa shape index (κ2) is 7.26. The topological polar surface area (TPSA) is 39.1 Å². The van der Waals surface area contributed by atoms with Crippen molar-refractivity contribution in [1.29, 1.82) is 0 Å². The Morgan fingerprint density at radius 1 is 1.24 bits per heavy atom. The second-order valence-corrected chi connectivity index (χ2v) is 7.26. The number of nitrogens with one attached hydrogen (secondary N) is 1. The zero-order chi connectivity index (χ0) is 15.3. The molecule has 1 N–H and O–H groups in total. The molecule has 1 heterocycles. The van der Waals surface area contributed by atoms with Crippen molar-refractivity contribution in [3.63, 3.8) is 0 Å². The molecule has 0 saturated carbocycles. The van der Waals surface area contributed by atoms with Gasteiger partial charge in [-0.1, -0.05) is 12.1 Å². The molecule has 0 aliphatic rings. The molecule has 0 bridgehead atoms. The zero-order valence-corrected chi connectivity index (χ0v) is 14.9. The van der Waals surface area contributed by atoms with Crippen LogP contribution in [0.3, 0.4) is 0 Å². The highest BCUT2D eigenvalue weighted by atomic mass is 127. The Kier molecular flexibility index (Phi) is 5.64. The Morgan fingerprint density at radius 2 is 1.95 bits per heavy atom. The third-order valence-corrected chi connectivity index (χ3v) is 3.49. The standard InChI is InChI=1S/C16H22IN3O/c1-16(2,3)18-10-13-4-6-15(7-5-13)21-9-8-20-12-14(17)11-19-20/h4-7,11-12,18H,8-10H2,1-3H3. The summed E-state index contributed by atoms with van der Waals surface area (Å²) < 4.78 is 8.77. The van der Waals surface area contributed by atoms with Gasteiger partial charge in [0.25, 0.3) is 0 Å². The summed E-state index contributed by atoms with van der Waals surface area (Å²) in [4.78, 5) is 0. The molecule has 0 amide bonds. The molecule has 1 aromatic carbocycles. The van der Waals surface area contributed by atoms with E-state index >= 15 is 0 Å². The lowest BCUT2D eigenvalue weighted by Crippen LogP contribution is -2.35. The zero-order valence-electron chi connectivity index (χ0n) is 12.8. The van der Waals surface area contributed by atoms with Gasteiger partial charge in [-0.2, -0.15) is 5.10 Å². The first-order valence-corrected chi connectivity index (χ1v) is 8.15. The van der Waals surface area contributed by atoms with E-state index in [0.717, 1.165) is 22.4 Å². The third-order valence-electron chi connectivity index (χ3n) is 2.94. The molecule has 5 heteroatoms. The lowest BCUT2D eigenvalue weighted by atomic mass is 10.1. The largest absolute Gasteiger partial charge is 0.492 e. The Morgan fingerprint density at radius 3 is 2.52 bits per heavy atom. The molecule has 4 nitrogen and oxygen atoms in total. The van der Waals surface area contributed by atoms with Crippen LogP contribution in [0, 0.1) is 3.57 Å². The third kappa shape index (κ3) is 6.05. The van der Waals surface area contributed by atoms with E-state index in [0.29, 0.717) is 6.61 Å². The molecule has 0 saturated heterocycles. The van der Waals surface area contributed by atoms with Gasteiger partial charge in [0, 0.05) is 18.3 Å². The van der Waals surface area contributed by atoms with Crippen LogP contribution in [0.2, 0.25) is 0 Å². The van der Waals surface area contributed by atoms with Crippen molar-refractivity contribution in [2.75, 3.05) is 6.61 Å². The van der Waals surface area contributed by atoms with Crippen LogP contribution in [0.25, 0.3) is 0 Å². The molecule has 0 fully saturated rings. The van der Waals surface area contributed by atoms with Crippen LogP contribution >= 0.6 is 22.6 Å². The van der Waals surface area contributed by atoms with E-state index in [2.05, 4.69) is 65.9 Å². The minimum atomic E-state index is 0.135. The monoisotopic (exact) mass is 399 g/mol. The minimum absolute atomic E-state index is 0.135. The average molecular weight is 399 g/mol. The molecule has 0 aliphatic heterocycles. The Balaban J connectivity index is 1.77. The maximum Gasteiger partial charge on any atom is 0.119 e. The quantitative estimate of drug-likeness (QED) is 0.757. The van der Waals surface area contributed by atoms with Crippen LogP contribution in [-0.2, 0) is 13.1 Å². The number of hydrogen-bond acceptors (Lipinski definition) is 3. The van der Waals surface area contributed by atoms with E-state index in [1.165, 1.54) is 5.56 Å². The number of benzene rings is 1. The van der Waals surface area contributed by atoms with Gasteiger partial charge in [0.15, 0.2) is 0 Å². The SMILES string of the molecule is CC(C)(C)NCc1ccc(OCCn2cc(I)cn2)cc1. The van der Waals surface area contributed by atoms with Crippen molar-refractivity contribution in [2.24, 2.45) is 0 Å². The van der Waals surface area contributed by atoms with Crippen LogP contribution in [-0.4, -0.2) is 21.9 Å². The van der Waals surface area contributed by atoms with Crippen molar-refractivity contribution in [1.82, 2.24) is 15.1 Å². The molecule has 2 aromatic rings. The maximum absolute atomic E-state index is 5.74. The predicted octanol–water partition coefficient (Wildman–Crippen LogP) is 3.45. The molecule has 1 aromatic heterocycles. The lowest BCUT2D eigenvalue weighted by Gasteiger charge is -2.20. The summed E-state index contributed by atoms with van der Waals surface area (Å²) >= 11 is 2.25. The Bertz CT molecular complexity index is 558. The van der Waals surface area contributed by atoms with Gasteiger partial charge in [0.05, 0.1) is 16.3 Å². The fraction of sp³-hybridized carbons (Fsp3) is 0.438. The van der Waals surface area contributed by atoms with Gasteiger partial charge in [-0.05, 0) is 61.1 Å². The number of hydrogen-bond donors (Lipinski definition) is 1. The molecule has 0 radical (unpaired) electrons. The van der Waals surface area contributed by atoms with Gasteiger partial charge in [0.2, 0.25) is 0 Å². The fourth-order valence-corrected chi connectivity index (χ4v) is 2.23. The van der Waals surface area contributed by atoms with E-state index in [4.69, 9.17) is 4.74 Å². The highest BCUT2D eigenvalue weighted by Crippen LogP contribution is 2.13. The van der Waals surface area contributed by atoms with Gasteiger partial charge in [-0.15, -0.1) is 0 Å². The van der Waals surface area contributed by atoms with E-state index in [1.807, 2.05) is 29.2 Å². The second-order valence-electron chi connectivity index (χ2n) is 6.02. The number of halogens is 1. The molecular weight excluding hydrogens is 377 g/mol. The van der Waals surface area contributed by atoms with E-state index in [-0.39, 0.29) is 5.54 Å². The van der Waals surface area contributed by atoms with Crippen molar-refractivity contribution in [3.05, 3.63) is 45.8 Å². The fourth-order valence-electron chi connectivity index (χ4n) is 1.79. The van der Waals surface area contributed by atoms with E-state index in [1.54, 1.807) is 0 Å². The number of aromatic nitrogens is 2. The lowest BCUT2D eigenvalue weighted by molar-refractivity contribution is 0.291. The van der Waals surface area contributed by atoms with Crippen LogP contribution < -0.4 is 10.1 Å². The van der Waals surface area contributed by atoms with Gasteiger partial charge >= 0.3 is 0 Å². The van der Waals surface area contributed by atoms with Crippen molar-refractivity contribution in [3.8, 4) is 5.75 Å². The minimum Gasteiger partial charge on any atom is -0.492 e. The Labute approximate surface area is 140 Å². The van der Waals surface area contributed by atoms with E-state index in [9.17, 15) is 0 Å². The number of nitrogens with zero attached hydrogens (tertiary/aromatic N) is 2. The normalized spacial score (nSPS) is 11.6. The van der Waals surface area contributed by atoms with Gasteiger partial charge in [-0.3, -0.25) is 4.68 Å². The van der Waals surface area contributed by atoms with Crippen molar-refractivity contribution < 1.29 is 4.74 Å². The van der Waals surface area contributed by atoms with Gasteiger partial charge in [0.1, 0.15) is 12.4 Å². The molecule has 21 heavy (non-hydrogen) atoms. The first-order valence-electron chi connectivity index (χ1n) is 7.07. The van der Waals surface area contributed by atoms with Gasteiger partial charge in [-0.25, -0.2) is 0 Å². The number of rotatable bonds is 6. The molecule has 0 unspecified atom stereocenters. The summed E-state index contributed by atoms with van der Waals surface area (Å²) in [5.74, 6) is 0.899. The van der Waals surface area contributed by atoms with Crippen LogP contribution in [0.5, 0.6) is 5.75 Å². The molecular formula is C16H22IN3O. The highest BCUT2D eigenvalue weighted by Gasteiger charge is 2.08. The molecule has 2 rings (SSSR count). The molecule has 0 atom stereocenters. The van der Waals surface area contributed by atoms with Crippen LogP contribution in [0.1, 0.15) is 26.3 Å². The Hall–Kier alpha value is -1.08. The van der Waals surface area contributed by atoms with Gasteiger partial charge < -0.3 is 10.1 Å². The van der Waals surface area contributed by atoms with Crippen LogP contribution in [0.15, 0.2) is 36.7 Å². The summed E-state index contributed by atoms with van der Waals surface area (Å²) in [7, 11) is 0. The molecule has 0 aliphatic carbocycles. The first-order chi connectivity index (χ1) is 9.92. The van der Waals surface area contributed by atoms with Crippen molar-refractivity contribution >= 4 is 22.6 Å². The summed E-state index contributed by atoms with van der Waals surface area (Å²) in [6, 6.07) is 8.24. The van der Waals surface area contributed by atoms with Crippen molar-refractivity contribution in [2.45, 2.75) is 39.4 Å².